The average molecular weight is 524 g/mol. The number of hydrogen-bond acceptors (Lipinski definition) is 10. The molecule has 5 rings (SSSR count). The summed E-state index contributed by atoms with van der Waals surface area (Å²) in [6.45, 7) is 8.74. The number of anilines is 6. The Labute approximate surface area is 219 Å². The van der Waals surface area contributed by atoms with E-state index in [4.69, 9.17) is 14.2 Å². The Morgan fingerprint density at radius 2 is 2.00 bits per heavy atom. The van der Waals surface area contributed by atoms with Crippen molar-refractivity contribution in [2.24, 2.45) is 0 Å². The number of amides is 1. The minimum Gasteiger partial charge on any atom is -0.474 e. The van der Waals surface area contributed by atoms with Gasteiger partial charge in [0.05, 0.1) is 25.5 Å². The number of carbonyl (C=O) groups is 1. The highest BCUT2D eigenvalue weighted by molar-refractivity contribution is 5.99. The molecular weight excluding hydrogens is 493 g/mol. The van der Waals surface area contributed by atoms with Gasteiger partial charge in [-0.05, 0) is 57.2 Å². The summed E-state index contributed by atoms with van der Waals surface area (Å²) in [5.41, 5.74) is 0.815. The summed E-state index contributed by atoms with van der Waals surface area (Å²) in [6, 6.07) is 11.1. The van der Waals surface area contributed by atoms with E-state index in [0.29, 0.717) is 25.6 Å². The number of fused-ring (bicyclic) bond motifs is 1. The van der Waals surface area contributed by atoms with E-state index in [1.165, 1.54) is 0 Å². The molecule has 0 radical (unpaired) electrons. The fourth-order valence-corrected chi connectivity index (χ4v) is 4.09. The Morgan fingerprint density at radius 3 is 2.79 bits per heavy atom. The van der Waals surface area contributed by atoms with Crippen LogP contribution in [-0.4, -0.2) is 65.5 Å². The second kappa shape index (κ2) is 10.8. The van der Waals surface area contributed by atoms with Crippen LogP contribution in [-0.2, 0) is 14.3 Å². The van der Waals surface area contributed by atoms with Gasteiger partial charge in [-0.1, -0.05) is 0 Å². The maximum atomic E-state index is 14.5. The quantitative estimate of drug-likeness (QED) is 0.401. The fourth-order valence-electron chi connectivity index (χ4n) is 4.09. The Morgan fingerprint density at radius 1 is 1.18 bits per heavy atom. The van der Waals surface area contributed by atoms with Crippen molar-refractivity contribution in [1.29, 1.82) is 0 Å². The molecule has 0 unspecified atom stereocenters. The molecular formula is C26H30FN7O4. The minimum absolute atomic E-state index is 0.0419. The van der Waals surface area contributed by atoms with E-state index in [-0.39, 0.29) is 35.4 Å². The summed E-state index contributed by atoms with van der Waals surface area (Å²) in [5, 5.41) is 8.65. The second-order valence-corrected chi connectivity index (χ2v) is 9.40. The van der Waals surface area contributed by atoms with Crippen LogP contribution >= 0.6 is 0 Å². The van der Waals surface area contributed by atoms with Crippen LogP contribution in [0.4, 0.5) is 39.2 Å². The normalized spacial score (nSPS) is 18.3. The van der Waals surface area contributed by atoms with Crippen molar-refractivity contribution >= 4 is 40.7 Å². The molecule has 0 saturated carbocycles. The van der Waals surface area contributed by atoms with Crippen LogP contribution in [0.15, 0.2) is 42.6 Å². The molecule has 1 aromatic carbocycles. The van der Waals surface area contributed by atoms with Crippen LogP contribution in [0.1, 0.15) is 20.8 Å². The van der Waals surface area contributed by atoms with Crippen molar-refractivity contribution in [2.45, 2.75) is 32.5 Å². The summed E-state index contributed by atoms with van der Waals surface area (Å²) in [6.07, 6.45) is 1.12. The highest BCUT2D eigenvalue weighted by Crippen LogP contribution is 2.33. The van der Waals surface area contributed by atoms with Crippen LogP contribution in [0.5, 0.6) is 5.75 Å². The van der Waals surface area contributed by atoms with E-state index in [1.807, 2.05) is 31.2 Å². The van der Waals surface area contributed by atoms with Gasteiger partial charge in [0.1, 0.15) is 5.82 Å². The first kappa shape index (κ1) is 25.6. The summed E-state index contributed by atoms with van der Waals surface area (Å²) in [4.78, 5) is 27.1. The lowest BCUT2D eigenvalue weighted by atomic mass is 10.1. The van der Waals surface area contributed by atoms with Crippen LogP contribution in [0, 0.1) is 5.82 Å². The highest BCUT2D eigenvalue weighted by atomic mass is 19.1. The molecule has 1 amide bonds. The van der Waals surface area contributed by atoms with Crippen molar-refractivity contribution in [3.05, 3.63) is 48.4 Å². The number of nitrogens with one attached hydrogen (secondary N) is 3. The van der Waals surface area contributed by atoms with Gasteiger partial charge in [0, 0.05) is 31.1 Å². The summed E-state index contributed by atoms with van der Waals surface area (Å²) >= 11 is 0. The summed E-state index contributed by atoms with van der Waals surface area (Å²) < 4.78 is 31.5. The summed E-state index contributed by atoms with van der Waals surface area (Å²) in [5.74, 6) is 0.131. The smallest absolute Gasteiger partial charge is 0.269 e. The number of carbonyl (C=O) groups excluding carboxylic acids is 1. The number of rotatable bonds is 8. The molecule has 0 aliphatic carbocycles. The predicted molar refractivity (Wildman–Crippen MR) is 141 cm³/mol. The molecule has 1 saturated heterocycles. The van der Waals surface area contributed by atoms with E-state index in [0.717, 1.165) is 30.7 Å². The Kier molecular flexibility index (Phi) is 7.25. The molecule has 4 heterocycles. The molecule has 0 bridgehead atoms. The number of nitrogens with zero attached hydrogens (tertiary/aromatic N) is 4. The van der Waals surface area contributed by atoms with Gasteiger partial charge in [-0.2, -0.15) is 4.98 Å². The van der Waals surface area contributed by atoms with Gasteiger partial charge >= 0.3 is 0 Å². The molecule has 11 nitrogen and oxygen atoms in total. The standard InChI is InChI=1S/C26H30FN7O4/c1-4-36-15-18-14-34(11-12-37-18)17-7-5-16(6-8-17)29-25-28-13-19(27)22(33-25)30-21-10-9-20-23(31-21)32-24(35)26(2,3)38-20/h5-10,13,18H,4,11-12,14-15H2,1-3H3,(H3,28,29,30,31,32,33,35)/t18-/m0/s1. The molecule has 200 valence electrons. The lowest BCUT2D eigenvalue weighted by Crippen LogP contribution is -2.46. The zero-order valence-electron chi connectivity index (χ0n) is 21.5. The third-order valence-corrected chi connectivity index (χ3v) is 6.13. The van der Waals surface area contributed by atoms with Crippen LogP contribution in [0.25, 0.3) is 0 Å². The molecule has 38 heavy (non-hydrogen) atoms. The Balaban J connectivity index is 1.25. The molecule has 2 aliphatic heterocycles. The lowest BCUT2D eigenvalue weighted by Gasteiger charge is -2.34. The number of benzene rings is 1. The Hall–Kier alpha value is -4.03. The number of morpholine rings is 1. The fraction of sp³-hybridized carbons (Fsp3) is 0.385. The molecule has 2 aliphatic rings. The van der Waals surface area contributed by atoms with E-state index in [1.54, 1.807) is 26.0 Å². The van der Waals surface area contributed by atoms with Gasteiger partial charge in [0.2, 0.25) is 5.95 Å². The summed E-state index contributed by atoms with van der Waals surface area (Å²) in [7, 11) is 0. The predicted octanol–water partition coefficient (Wildman–Crippen LogP) is 3.85. The van der Waals surface area contributed by atoms with Gasteiger partial charge in [0.25, 0.3) is 5.91 Å². The lowest BCUT2D eigenvalue weighted by molar-refractivity contribution is -0.129. The largest absolute Gasteiger partial charge is 0.474 e. The first-order chi connectivity index (χ1) is 18.3. The van der Waals surface area contributed by atoms with Crippen molar-refractivity contribution in [2.75, 3.05) is 53.8 Å². The van der Waals surface area contributed by atoms with Crippen molar-refractivity contribution < 1.29 is 23.4 Å². The van der Waals surface area contributed by atoms with E-state index < -0.39 is 11.4 Å². The molecule has 1 fully saturated rings. The zero-order valence-corrected chi connectivity index (χ0v) is 21.5. The van der Waals surface area contributed by atoms with E-state index >= 15 is 0 Å². The maximum Gasteiger partial charge on any atom is 0.269 e. The van der Waals surface area contributed by atoms with Crippen molar-refractivity contribution in [3.8, 4) is 5.75 Å². The first-order valence-electron chi connectivity index (χ1n) is 12.4. The van der Waals surface area contributed by atoms with Crippen LogP contribution < -0.4 is 25.6 Å². The number of hydrogen-bond donors (Lipinski definition) is 3. The van der Waals surface area contributed by atoms with Gasteiger partial charge in [-0.3, -0.25) is 4.79 Å². The van der Waals surface area contributed by atoms with Crippen molar-refractivity contribution in [1.82, 2.24) is 15.0 Å². The first-order valence-corrected chi connectivity index (χ1v) is 12.4. The average Bonchev–Trinajstić information content (AvgIpc) is 2.91. The highest BCUT2D eigenvalue weighted by Gasteiger charge is 2.36. The van der Waals surface area contributed by atoms with Gasteiger partial charge in [-0.25, -0.2) is 14.4 Å². The van der Waals surface area contributed by atoms with Gasteiger partial charge < -0.3 is 35.1 Å². The zero-order chi connectivity index (χ0) is 26.7. The molecule has 3 N–H and O–H groups in total. The van der Waals surface area contributed by atoms with E-state index in [2.05, 4.69) is 35.8 Å². The maximum absolute atomic E-state index is 14.5. The number of pyridine rings is 1. The SMILES string of the molecule is CCOC[C@@H]1CN(c2ccc(Nc3ncc(F)c(Nc4ccc5c(n4)NC(=O)C(C)(C)O5)n3)cc2)CCO1. The van der Waals surface area contributed by atoms with Crippen molar-refractivity contribution in [3.63, 3.8) is 0 Å². The number of ether oxygens (including phenoxy) is 3. The molecule has 2 aromatic heterocycles. The van der Waals surface area contributed by atoms with E-state index in [9.17, 15) is 9.18 Å². The molecule has 3 aromatic rings. The van der Waals surface area contributed by atoms with Crippen LogP contribution in [0.3, 0.4) is 0 Å². The Bertz CT molecular complexity index is 1310. The third kappa shape index (κ3) is 5.76. The second-order valence-electron chi connectivity index (χ2n) is 9.40. The third-order valence-electron chi connectivity index (χ3n) is 6.13. The number of halogens is 1. The topological polar surface area (TPSA) is 123 Å². The van der Waals surface area contributed by atoms with Crippen LogP contribution in [0.2, 0.25) is 0 Å². The minimum atomic E-state index is -1.00. The molecule has 1 atom stereocenters. The number of aromatic nitrogens is 3. The molecule has 12 heteroatoms. The van der Waals surface area contributed by atoms with Gasteiger partial charge in [0.15, 0.2) is 28.8 Å². The van der Waals surface area contributed by atoms with Gasteiger partial charge in [-0.15, -0.1) is 0 Å². The monoisotopic (exact) mass is 523 g/mol. The molecule has 0 spiro atoms.